The van der Waals surface area contributed by atoms with Crippen LogP contribution in [0, 0.1) is 5.92 Å². The summed E-state index contributed by atoms with van der Waals surface area (Å²) in [5.74, 6) is 0.236. The Morgan fingerprint density at radius 2 is 1.72 bits per heavy atom. The first-order valence-electron chi connectivity index (χ1n) is 16.6. The van der Waals surface area contributed by atoms with Gasteiger partial charge in [-0.25, -0.2) is 13.2 Å². The van der Waals surface area contributed by atoms with Crippen LogP contribution in [0.2, 0.25) is 5.02 Å². The molecule has 0 spiro atoms. The standard InChI is InChI=1S/C36H47ClN4O8S/c1-24-21-41(25(2)23-42)35(43)32-20-29(39-36(44)38-28-11-14-30(47-5)15-12-28)13-18-33(32)49-26(3)8-6-7-19-48-34(24)22-40(4)50(45,46)31-16-9-27(37)10-17-31/h9-18,20,24-26,34,42H,6-8,19,21-23H2,1-5H3,(H2,38,39,44)/t24-,25-,26+,34-/m1/s1. The van der Waals surface area contributed by atoms with E-state index in [0.29, 0.717) is 40.9 Å². The number of carbonyl (C=O) groups excluding carboxylic acids is 2. The first-order valence-corrected chi connectivity index (χ1v) is 18.4. The van der Waals surface area contributed by atoms with Crippen LogP contribution in [0.4, 0.5) is 16.2 Å². The van der Waals surface area contributed by atoms with Crippen LogP contribution >= 0.6 is 11.6 Å². The average Bonchev–Trinajstić information content (AvgIpc) is 3.09. The van der Waals surface area contributed by atoms with Gasteiger partial charge >= 0.3 is 6.03 Å². The molecule has 0 radical (unpaired) electrons. The number of sulfonamides is 1. The number of benzene rings is 3. The van der Waals surface area contributed by atoms with Crippen LogP contribution in [0.1, 0.15) is 50.4 Å². The molecule has 0 saturated heterocycles. The zero-order valence-electron chi connectivity index (χ0n) is 29.1. The lowest BCUT2D eigenvalue weighted by Crippen LogP contribution is -2.48. The van der Waals surface area contributed by atoms with Crippen molar-refractivity contribution in [3.8, 4) is 11.5 Å². The fourth-order valence-electron chi connectivity index (χ4n) is 5.57. The maximum Gasteiger partial charge on any atom is 0.323 e. The predicted octanol–water partition coefficient (Wildman–Crippen LogP) is 6.11. The molecule has 4 rings (SSSR count). The van der Waals surface area contributed by atoms with Gasteiger partial charge in [-0.15, -0.1) is 0 Å². The van der Waals surface area contributed by atoms with Gasteiger partial charge in [0.15, 0.2) is 0 Å². The number of urea groups is 1. The van der Waals surface area contributed by atoms with Crippen molar-refractivity contribution in [3.63, 3.8) is 0 Å². The number of carbonyl (C=O) groups is 2. The van der Waals surface area contributed by atoms with Crippen LogP contribution in [-0.2, 0) is 14.8 Å². The van der Waals surface area contributed by atoms with Crippen LogP contribution in [0.3, 0.4) is 0 Å². The molecular weight excluding hydrogens is 684 g/mol. The minimum absolute atomic E-state index is 0.0368. The number of nitrogens with zero attached hydrogens (tertiary/aromatic N) is 2. The van der Waals surface area contributed by atoms with Gasteiger partial charge in [0.05, 0.1) is 42.4 Å². The van der Waals surface area contributed by atoms with Gasteiger partial charge in [-0.05, 0) is 99.8 Å². The lowest BCUT2D eigenvalue weighted by molar-refractivity contribution is -0.00833. The Morgan fingerprint density at radius 1 is 1.06 bits per heavy atom. The Kier molecular flexibility index (Phi) is 13.9. The number of hydrogen-bond donors (Lipinski definition) is 3. The third-order valence-corrected chi connectivity index (χ3v) is 10.7. The molecule has 1 aliphatic rings. The van der Waals surface area contributed by atoms with E-state index in [1.165, 1.54) is 40.5 Å². The third kappa shape index (κ3) is 10.3. The summed E-state index contributed by atoms with van der Waals surface area (Å²) in [6.07, 6.45) is 1.37. The van der Waals surface area contributed by atoms with E-state index in [0.717, 1.165) is 12.8 Å². The minimum atomic E-state index is -3.86. The summed E-state index contributed by atoms with van der Waals surface area (Å²) in [7, 11) is -0.801. The molecule has 0 fully saturated rings. The van der Waals surface area contributed by atoms with Gasteiger partial charge in [-0.2, -0.15) is 4.31 Å². The van der Waals surface area contributed by atoms with E-state index in [1.807, 2.05) is 13.8 Å². The Balaban J connectivity index is 1.61. The summed E-state index contributed by atoms with van der Waals surface area (Å²) in [6, 6.07) is 16.6. The number of fused-ring (bicyclic) bond motifs is 1. The van der Waals surface area contributed by atoms with Crippen molar-refractivity contribution in [1.29, 1.82) is 0 Å². The summed E-state index contributed by atoms with van der Waals surface area (Å²) in [4.78, 5) is 28.9. The molecule has 4 atom stereocenters. The van der Waals surface area contributed by atoms with E-state index >= 15 is 0 Å². The Labute approximate surface area is 299 Å². The number of nitrogens with one attached hydrogen (secondary N) is 2. The lowest BCUT2D eigenvalue weighted by atomic mass is 10.0. The number of aliphatic hydroxyl groups excluding tert-OH is 1. The highest BCUT2D eigenvalue weighted by atomic mass is 35.5. The van der Waals surface area contributed by atoms with Crippen LogP contribution in [0.25, 0.3) is 0 Å². The normalized spacial score (nSPS) is 19.9. The highest BCUT2D eigenvalue weighted by molar-refractivity contribution is 7.89. The maximum absolute atomic E-state index is 14.4. The molecule has 0 aromatic heterocycles. The van der Waals surface area contributed by atoms with Crippen LogP contribution in [0.5, 0.6) is 11.5 Å². The molecular formula is C36H47ClN4O8S. The highest BCUT2D eigenvalue weighted by Crippen LogP contribution is 2.29. The molecule has 3 aromatic rings. The number of anilines is 2. The lowest BCUT2D eigenvalue weighted by Gasteiger charge is -2.35. The van der Waals surface area contributed by atoms with Gasteiger partial charge in [0.1, 0.15) is 11.5 Å². The number of hydrogen-bond acceptors (Lipinski definition) is 8. The van der Waals surface area contributed by atoms with Gasteiger partial charge in [0, 0.05) is 49.1 Å². The highest BCUT2D eigenvalue weighted by Gasteiger charge is 2.32. The quantitative estimate of drug-likeness (QED) is 0.239. The number of aliphatic hydroxyl groups is 1. The zero-order chi connectivity index (χ0) is 36.4. The molecule has 1 heterocycles. The molecule has 272 valence electrons. The molecule has 0 unspecified atom stereocenters. The maximum atomic E-state index is 14.4. The fourth-order valence-corrected chi connectivity index (χ4v) is 6.88. The summed E-state index contributed by atoms with van der Waals surface area (Å²) in [5, 5.41) is 16.2. The summed E-state index contributed by atoms with van der Waals surface area (Å²) < 4.78 is 45.9. The Morgan fingerprint density at radius 3 is 2.38 bits per heavy atom. The van der Waals surface area contributed by atoms with Crippen molar-refractivity contribution in [2.45, 2.75) is 63.2 Å². The molecule has 3 aromatic carbocycles. The van der Waals surface area contributed by atoms with E-state index in [2.05, 4.69) is 10.6 Å². The number of halogens is 1. The van der Waals surface area contributed by atoms with Crippen molar-refractivity contribution in [3.05, 3.63) is 77.3 Å². The molecule has 3 N–H and O–H groups in total. The molecule has 0 aliphatic carbocycles. The third-order valence-electron chi connectivity index (χ3n) is 8.62. The fraction of sp³-hybridized carbons (Fsp3) is 0.444. The molecule has 50 heavy (non-hydrogen) atoms. The number of methoxy groups -OCH3 is 1. The summed E-state index contributed by atoms with van der Waals surface area (Å²) in [6.45, 7) is 5.80. The monoisotopic (exact) mass is 730 g/mol. The topological polar surface area (TPSA) is 147 Å². The number of rotatable bonds is 9. The number of amides is 3. The van der Waals surface area contributed by atoms with Crippen LogP contribution in [-0.4, -0.2) is 93.4 Å². The van der Waals surface area contributed by atoms with Gasteiger partial charge in [0.2, 0.25) is 10.0 Å². The van der Waals surface area contributed by atoms with Crippen molar-refractivity contribution >= 4 is 44.9 Å². The van der Waals surface area contributed by atoms with Crippen LogP contribution in [0.15, 0.2) is 71.6 Å². The second-order valence-corrected chi connectivity index (χ2v) is 15.0. The molecule has 1 aliphatic heterocycles. The SMILES string of the molecule is COc1ccc(NC(=O)Nc2ccc3c(c2)C(=O)N([C@H](C)CO)C[C@@H](C)[C@@H](CN(C)S(=O)(=O)c2ccc(Cl)cc2)OCCCC[C@H](C)O3)cc1. The van der Waals surface area contributed by atoms with E-state index in [-0.39, 0.29) is 42.2 Å². The van der Waals surface area contributed by atoms with Gasteiger partial charge < -0.3 is 34.9 Å². The minimum Gasteiger partial charge on any atom is -0.497 e. The number of likely N-dealkylation sites (N-methyl/N-ethyl adjacent to an activating group) is 1. The second-order valence-electron chi connectivity index (χ2n) is 12.6. The van der Waals surface area contributed by atoms with Gasteiger partial charge in [0.25, 0.3) is 5.91 Å². The first-order chi connectivity index (χ1) is 23.8. The second kappa shape index (κ2) is 17.9. The smallest absolute Gasteiger partial charge is 0.323 e. The molecule has 12 nitrogen and oxygen atoms in total. The largest absolute Gasteiger partial charge is 0.497 e. The zero-order valence-corrected chi connectivity index (χ0v) is 30.7. The van der Waals surface area contributed by atoms with Crippen molar-refractivity contribution < 1.29 is 37.3 Å². The Hall–Kier alpha value is -3.88. The van der Waals surface area contributed by atoms with Crippen molar-refractivity contribution in [2.24, 2.45) is 5.92 Å². The molecule has 14 heteroatoms. The molecule has 0 saturated carbocycles. The molecule has 0 bridgehead atoms. The van der Waals surface area contributed by atoms with Crippen molar-refractivity contribution in [2.75, 3.05) is 51.1 Å². The van der Waals surface area contributed by atoms with E-state index in [9.17, 15) is 23.1 Å². The van der Waals surface area contributed by atoms with E-state index in [1.54, 1.807) is 56.5 Å². The van der Waals surface area contributed by atoms with Crippen molar-refractivity contribution in [1.82, 2.24) is 9.21 Å². The average molecular weight is 731 g/mol. The van der Waals surface area contributed by atoms with Crippen LogP contribution < -0.4 is 20.1 Å². The van der Waals surface area contributed by atoms with Gasteiger partial charge in [-0.3, -0.25) is 4.79 Å². The summed E-state index contributed by atoms with van der Waals surface area (Å²) >= 11 is 5.99. The van der Waals surface area contributed by atoms with Gasteiger partial charge in [-0.1, -0.05) is 18.5 Å². The number of ether oxygens (including phenoxy) is 3. The first kappa shape index (κ1) is 38.9. The predicted molar refractivity (Wildman–Crippen MR) is 194 cm³/mol. The Bertz CT molecular complexity index is 1690. The molecule has 3 amide bonds. The van der Waals surface area contributed by atoms with E-state index in [4.69, 9.17) is 25.8 Å². The summed E-state index contributed by atoms with van der Waals surface area (Å²) in [5.41, 5.74) is 1.12. The van der Waals surface area contributed by atoms with E-state index < -0.39 is 34.1 Å².